The molecular weight excluding hydrogens is 356 g/mol. The summed E-state index contributed by atoms with van der Waals surface area (Å²) in [6.07, 6.45) is 10.8. The van der Waals surface area contributed by atoms with E-state index in [1.54, 1.807) is 12.1 Å². The Labute approximate surface area is 168 Å². The fourth-order valence-corrected chi connectivity index (χ4v) is 3.71. The number of rotatable bonds is 12. The summed E-state index contributed by atoms with van der Waals surface area (Å²) in [5.74, 6) is 0.831. The van der Waals surface area contributed by atoms with E-state index in [9.17, 15) is 15.0 Å². The van der Waals surface area contributed by atoms with Gasteiger partial charge in [0.15, 0.2) is 17.3 Å². The smallest absolute Gasteiger partial charge is 0.161 e. The molecule has 1 aromatic carbocycles. The van der Waals surface area contributed by atoms with E-state index in [0.717, 1.165) is 43.2 Å². The summed E-state index contributed by atoms with van der Waals surface area (Å²) < 4.78 is 5.97. The molecule has 1 aliphatic rings. The van der Waals surface area contributed by atoms with Crippen LogP contribution < -0.4 is 4.74 Å². The first-order valence-electron chi connectivity index (χ1n) is 10.5. The number of benzene rings is 1. The molecule has 1 atom stereocenters. The second-order valence-corrected chi connectivity index (χ2v) is 7.59. The quantitative estimate of drug-likeness (QED) is 0.474. The normalized spacial score (nSPS) is 16.0. The summed E-state index contributed by atoms with van der Waals surface area (Å²) in [5.41, 5.74) is 1.78. The number of ether oxygens (including phenoxy) is 1. The van der Waals surface area contributed by atoms with Crippen LogP contribution in [0.15, 0.2) is 24.3 Å². The van der Waals surface area contributed by atoms with E-state index < -0.39 is 0 Å². The van der Waals surface area contributed by atoms with Gasteiger partial charge in [0.25, 0.3) is 0 Å². The van der Waals surface area contributed by atoms with Crippen LogP contribution >= 0.6 is 0 Å². The molecule has 0 heterocycles. The lowest BCUT2D eigenvalue weighted by Crippen LogP contribution is -2.12. The van der Waals surface area contributed by atoms with Crippen LogP contribution in [0.5, 0.6) is 11.5 Å². The van der Waals surface area contributed by atoms with Gasteiger partial charge in [-0.15, -0.1) is 0 Å². The van der Waals surface area contributed by atoms with Crippen molar-refractivity contribution < 1.29 is 24.9 Å². The lowest BCUT2D eigenvalue weighted by atomic mass is 9.97. The molecular formula is C23H34O5. The molecule has 1 unspecified atom stereocenters. The fraction of sp³-hybridized carbons (Fsp3) is 0.609. The number of phenolic OH excluding ortho intramolecular Hbond substituents is 1. The first-order chi connectivity index (χ1) is 13.6. The minimum atomic E-state index is -0.0115. The molecule has 0 spiro atoms. The van der Waals surface area contributed by atoms with Crippen LogP contribution in [0.4, 0.5) is 0 Å². The molecule has 1 fully saturated rings. The first kappa shape index (κ1) is 22.4. The van der Waals surface area contributed by atoms with Gasteiger partial charge in [-0.05, 0) is 86.6 Å². The molecule has 2 rings (SSSR count). The summed E-state index contributed by atoms with van der Waals surface area (Å²) in [6, 6.07) is 3.49. The highest BCUT2D eigenvalue weighted by Crippen LogP contribution is 2.34. The Morgan fingerprint density at radius 2 is 1.89 bits per heavy atom. The van der Waals surface area contributed by atoms with E-state index >= 15 is 0 Å². The topological polar surface area (TPSA) is 87.0 Å². The zero-order valence-electron chi connectivity index (χ0n) is 16.9. The van der Waals surface area contributed by atoms with E-state index in [0.29, 0.717) is 31.4 Å². The van der Waals surface area contributed by atoms with Crippen molar-refractivity contribution in [2.45, 2.75) is 70.8 Å². The number of carbonyl (C=O) groups is 1. The third-order valence-electron chi connectivity index (χ3n) is 5.48. The summed E-state index contributed by atoms with van der Waals surface area (Å²) in [4.78, 5) is 12.3. The minimum absolute atomic E-state index is 0.0115. The van der Waals surface area contributed by atoms with Gasteiger partial charge >= 0.3 is 0 Å². The second-order valence-electron chi connectivity index (χ2n) is 7.59. The molecule has 0 amide bonds. The average molecular weight is 391 g/mol. The predicted octanol–water partition coefficient (Wildman–Crippen LogP) is 3.71. The Balaban J connectivity index is 2.04. The standard InChI is InChI=1S/C23H34O5/c1-2-17(11-13-24)7-9-20(26)10-8-18-16-23(28-21-5-3-4-6-21)22(27)15-19(18)12-14-25/h7,9,15-17,21,24-25,27H,2-6,8,10-14H2,1H3. The number of aryl methyl sites for hydroxylation is 1. The minimum Gasteiger partial charge on any atom is -0.504 e. The maximum atomic E-state index is 12.3. The van der Waals surface area contributed by atoms with Gasteiger partial charge in [0.05, 0.1) is 6.10 Å². The number of phenols is 1. The number of carbonyl (C=O) groups excluding carboxylic acids is 1. The number of hydrogen-bond donors (Lipinski definition) is 3. The summed E-state index contributed by atoms with van der Waals surface area (Å²) in [6.45, 7) is 2.15. The van der Waals surface area contributed by atoms with Crippen LogP contribution in [0.2, 0.25) is 0 Å². The molecule has 156 valence electrons. The van der Waals surface area contributed by atoms with Crippen LogP contribution in [0.25, 0.3) is 0 Å². The number of aromatic hydroxyl groups is 1. The SMILES string of the molecule is CCC(C=CC(=O)CCc1cc(OC2CCCC2)c(O)cc1CCO)CCO. The molecule has 0 saturated heterocycles. The van der Waals surface area contributed by atoms with E-state index in [1.807, 2.05) is 19.1 Å². The molecule has 1 saturated carbocycles. The fourth-order valence-electron chi connectivity index (χ4n) is 3.71. The van der Waals surface area contributed by atoms with Gasteiger partial charge in [0.1, 0.15) is 0 Å². The number of aliphatic hydroxyl groups excluding tert-OH is 2. The van der Waals surface area contributed by atoms with Gasteiger partial charge in [-0.25, -0.2) is 0 Å². The van der Waals surface area contributed by atoms with Gasteiger partial charge < -0.3 is 20.1 Å². The molecule has 1 aliphatic carbocycles. The lowest BCUT2D eigenvalue weighted by molar-refractivity contribution is -0.114. The average Bonchev–Trinajstić information content (AvgIpc) is 3.19. The van der Waals surface area contributed by atoms with E-state index in [2.05, 4.69) is 0 Å². The molecule has 1 aromatic rings. The maximum absolute atomic E-state index is 12.3. The van der Waals surface area contributed by atoms with Crippen molar-refractivity contribution in [3.05, 3.63) is 35.4 Å². The van der Waals surface area contributed by atoms with Crippen molar-refractivity contribution >= 4 is 5.78 Å². The van der Waals surface area contributed by atoms with Gasteiger partial charge in [-0.3, -0.25) is 4.79 Å². The number of ketones is 1. The highest BCUT2D eigenvalue weighted by Gasteiger charge is 2.19. The Bertz CT molecular complexity index is 647. The van der Waals surface area contributed by atoms with Crippen molar-refractivity contribution in [1.82, 2.24) is 0 Å². The Hall–Kier alpha value is -1.85. The first-order valence-corrected chi connectivity index (χ1v) is 10.5. The summed E-state index contributed by atoms with van der Waals surface area (Å²) in [5, 5.41) is 28.7. The highest BCUT2D eigenvalue weighted by molar-refractivity contribution is 5.89. The van der Waals surface area contributed by atoms with Crippen LogP contribution in [0, 0.1) is 5.92 Å². The molecule has 0 radical (unpaired) electrons. The summed E-state index contributed by atoms with van der Waals surface area (Å²) >= 11 is 0. The number of hydrogen-bond acceptors (Lipinski definition) is 5. The van der Waals surface area contributed by atoms with Crippen LogP contribution in [0.3, 0.4) is 0 Å². The molecule has 5 heteroatoms. The largest absolute Gasteiger partial charge is 0.504 e. The predicted molar refractivity (Wildman–Crippen MR) is 110 cm³/mol. The molecule has 0 aromatic heterocycles. The van der Waals surface area contributed by atoms with Crippen LogP contribution in [0.1, 0.15) is 63.0 Å². The third kappa shape index (κ3) is 6.95. The highest BCUT2D eigenvalue weighted by atomic mass is 16.5. The maximum Gasteiger partial charge on any atom is 0.161 e. The van der Waals surface area contributed by atoms with Crippen molar-refractivity contribution in [3.8, 4) is 11.5 Å². The molecule has 28 heavy (non-hydrogen) atoms. The van der Waals surface area contributed by atoms with Gasteiger partial charge in [0.2, 0.25) is 0 Å². The Morgan fingerprint density at radius 1 is 1.18 bits per heavy atom. The summed E-state index contributed by atoms with van der Waals surface area (Å²) in [7, 11) is 0. The molecule has 0 bridgehead atoms. The van der Waals surface area contributed by atoms with Crippen molar-refractivity contribution in [3.63, 3.8) is 0 Å². The van der Waals surface area contributed by atoms with Gasteiger partial charge in [-0.1, -0.05) is 13.0 Å². The van der Waals surface area contributed by atoms with E-state index in [4.69, 9.17) is 9.84 Å². The van der Waals surface area contributed by atoms with Crippen LogP contribution in [-0.4, -0.2) is 40.4 Å². The second kappa shape index (κ2) is 11.9. The van der Waals surface area contributed by atoms with E-state index in [1.165, 1.54) is 0 Å². The van der Waals surface area contributed by atoms with Gasteiger partial charge in [-0.2, -0.15) is 0 Å². The molecule has 0 aliphatic heterocycles. The molecule has 5 nitrogen and oxygen atoms in total. The van der Waals surface area contributed by atoms with Crippen molar-refractivity contribution in [2.75, 3.05) is 13.2 Å². The van der Waals surface area contributed by atoms with Gasteiger partial charge in [0, 0.05) is 19.6 Å². The Morgan fingerprint density at radius 3 is 2.54 bits per heavy atom. The van der Waals surface area contributed by atoms with Crippen LogP contribution in [-0.2, 0) is 17.6 Å². The van der Waals surface area contributed by atoms with Crippen molar-refractivity contribution in [1.29, 1.82) is 0 Å². The number of aliphatic hydroxyl groups is 2. The monoisotopic (exact) mass is 390 g/mol. The third-order valence-corrected chi connectivity index (χ3v) is 5.48. The zero-order chi connectivity index (χ0) is 20.4. The number of allylic oxidation sites excluding steroid dienone is 2. The molecule has 3 N–H and O–H groups in total. The lowest BCUT2D eigenvalue weighted by Gasteiger charge is -2.17. The van der Waals surface area contributed by atoms with E-state index in [-0.39, 0.29) is 36.8 Å². The van der Waals surface area contributed by atoms with Crippen molar-refractivity contribution in [2.24, 2.45) is 5.92 Å². The zero-order valence-corrected chi connectivity index (χ0v) is 16.9. The Kier molecular flexibility index (Phi) is 9.51.